The van der Waals surface area contributed by atoms with E-state index in [0.29, 0.717) is 0 Å². The van der Waals surface area contributed by atoms with Crippen molar-refractivity contribution in [3.05, 3.63) is 163 Å². The van der Waals surface area contributed by atoms with Crippen LogP contribution in [-0.4, -0.2) is 0 Å². The molecule has 0 fully saturated rings. The Morgan fingerprint density at radius 1 is 0.377 bits per heavy atom. The zero-order chi connectivity index (χ0) is 36.5. The van der Waals surface area contributed by atoms with Gasteiger partial charge in [0.15, 0.2) is 0 Å². The molecule has 9 aromatic rings. The van der Waals surface area contributed by atoms with Crippen LogP contribution in [0, 0.1) is 0 Å². The lowest BCUT2D eigenvalue weighted by atomic mass is 9.86. The van der Waals surface area contributed by atoms with Crippen LogP contribution in [0.3, 0.4) is 0 Å². The Hall–Kier alpha value is -5.22. The molecule has 2 aromatic heterocycles. The van der Waals surface area contributed by atoms with Crippen LogP contribution in [0.4, 0.5) is 17.1 Å². The van der Waals surface area contributed by atoms with Crippen molar-refractivity contribution in [2.75, 3.05) is 4.90 Å². The number of nitrogens with zero attached hydrogens (tertiary/aromatic N) is 1. The van der Waals surface area contributed by atoms with Crippen LogP contribution < -0.4 is 4.90 Å². The largest absolute Gasteiger partial charge is 0.310 e. The number of rotatable bonds is 5. The van der Waals surface area contributed by atoms with Crippen LogP contribution >= 0.6 is 22.7 Å². The van der Waals surface area contributed by atoms with E-state index in [4.69, 9.17) is 0 Å². The predicted molar refractivity (Wildman–Crippen MR) is 235 cm³/mol. The van der Waals surface area contributed by atoms with Gasteiger partial charge in [-0.3, -0.25) is 0 Å². The molecule has 0 unspecified atom stereocenters. The molecule has 53 heavy (non-hydrogen) atoms. The summed E-state index contributed by atoms with van der Waals surface area (Å²) in [7, 11) is 0. The Labute approximate surface area is 320 Å². The molecule has 0 saturated carbocycles. The van der Waals surface area contributed by atoms with Crippen molar-refractivity contribution in [1.82, 2.24) is 0 Å². The highest BCUT2D eigenvalue weighted by Gasteiger charge is 2.22. The van der Waals surface area contributed by atoms with Gasteiger partial charge in [0.1, 0.15) is 0 Å². The molecule has 0 aliphatic rings. The molecule has 0 spiro atoms. The fourth-order valence-electron chi connectivity index (χ4n) is 7.61. The average Bonchev–Trinajstić information content (AvgIpc) is 3.74. The maximum absolute atomic E-state index is 2.46. The molecule has 0 saturated heterocycles. The molecule has 1 nitrogen and oxygen atoms in total. The van der Waals surface area contributed by atoms with Gasteiger partial charge in [0.25, 0.3) is 0 Å². The van der Waals surface area contributed by atoms with Crippen molar-refractivity contribution in [2.45, 2.75) is 52.4 Å². The van der Waals surface area contributed by atoms with E-state index >= 15 is 0 Å². The van der Waals surface area contributed by atoms with E-state index in [1.54, 1.807) is 0 Å². The third-order valence-electron chi connectivity index (χ3n) is 10.6. The molecule has 0 atom stereocenters. The Balaban J connectivity index is 1.20. The van der Waals surface area contributed by atoms with Crippen molar-refractivity contribution in [3.8, 4) is 22.3 Å². The highest BCUT2D eigenvalue weighted by atomic mass is 32.1. The summed E-state index contributed by atoms with van der Waals surface area (Å²) in [6.45, 7) is 13.6. The minimum atomic E-state index is 0.128. The monoisotopic (exact) mass is 721 g/mol. The summed E-state index contributed by atoms with van der Waals surface area (Å²) in [5.74, 6) is 0. The quantitative estimate of drug-likeness (QED) is 0.171. The van der Waals surface area contributed by atoms with Gasteiger partial charge in [-0.25, -0.2) is 0 Å². The molecular weight excluding hydrogens is 679 g/mol. The summed E-state index contributed by atoms with van der Waals surface area (Å²) in [4.78, 5) is 2.46. The molecule has 0 aliphatic heterocycles. The molecule has 0 radical (unpaired) electrons. The minimum absolute atomic E-state index is 0.128. The highest BCUT2D eigenvalue weighted by Crippen LogP contribution is 2.49. The Bertz CT molecular complexity index is 2650. The molecule has 7 aromatic carbocycles. The van der Waals surface area contributed by atoms with Crippen LogP contribution in [0.25, 0.3) is 62.6 Å². The molecular formula is C50H43NS2. The van der Waals surface area contributed by atoms with E-state index in [1.807, 2.05) is 22.7 Å². The van der Waals surface area contributed by atoms with Crippen molar-refractivity contribution in [1.29, 1.82) is 0 Å². The topological polar surface area (TPSA) is 3.24 Å². The summed E-state index contributed by atoms with van der Waals surface area (Å²) < 4.78 is 5.33. The van der Waals surface area contributed by atoms with E-state index in [9.17, 15) is 0 Å². The summed E-state index contributed by atoms with van der Waals surface area (Å²) >= 11 is 3.81. The lowest BCUT2D eigenvalue weighted by Gasteiger charge is -2.27. The third-order valence-corrected chi connectivity index (χ3v) is 13.0. The number of anilines is 3. The van der Waals surface area contributed by atoms with Crippen molar-refractivity contribution >= 4 is 80.1 Å². The fraction of sp³-hybridized carbons (Fsp3) is 0.160. The van der Waals surface area contributed by atoms with E-state index in [0.717, 1.165) is 11.4 Å². The van der Waals surface area contributed by atoms with Gasteiger partial charge < -0.3 is 4.90 Å². The number of benzene rings is 7. The van der Waals surface area contributed by atoms with Gasteiger partial charge >= 0.3 is 0 Å². The first kappa shape index (κ1) is 33.6. The number of thiophene rings is 2. The second kappa shape index (κ2) is 12.7. The Morgan fingerprint density at radius 3 is 1.38 bits per heavy atom. The SMILES string of the molecule is CC(C)(C)c1ccc(-c2ccc(N(c3ccc(-c4ccc(C(C)(C)C)cc4)cc3)c3cccc4sc5ccc6c7ccccc7sc6c5c34)cc2)cc1. The molecule has 9 rings (SSSR count). The van der Waals surface area contributed by atoms with Crippen LogP contribution in [0.5, 0.6) is 0 Å². The minimum Gasteiger partial charge on any atom is -0.310 e. The molecule has 0 N–H and O–H groups in total. The first-order chi connectivity index (χ1) is 25.5. The van der Waals surface area contributed by atoms with Crippen molar-refractivity contribution in [2.24, 2.45) is 0 Å². The second-order valence-corrected chi connectivity index (χ2v) is 18.4. The van der Waals surface area contributed by atoms with Crippen molar-refractivity contribution in [3.63, 3.8) is 0 Å². The molecule has 0 bridgehead atoms. The number of fused-ring (bicyclic) bond motifs is 7. The molecule has 0 amide bonds. The molecule has 0 aliphatic carbocycles. The number of hydrogen-bond acceptors (Lipinski definition) is 3. The van der Waals surface area contributed by atoms with Crippen LogP contribution in [-0.2, 0) is 10.8 Å². The Kier molecular flexibility index (Phi) is 8.07. The Morgan fingerprint density at radius 2 is 0.849 bits per heavy atom. The van der Waals surface area contributed by atoms with E-state index in [1.165, 1.54) is 79.4 Å². The lowest BCUT2D eigenvalue weighted by molar-refractivity contribution is 0.590. The summed E-state index contributed by atoms with van der Waals surface area (Å²) in [5, 5.41) is 5.34. The van der Waals surface area contributed by atoms with E-state index in [2.05, 4.69) is 198 Å². The maximum atomic E-state index is 2.46. The van der Waals surface area contributed by atoms with Gasteiger partial charge in [0, 0.05) is 51.7 Å². The first-order valence-corrected chi connectivity index (χ1v) is 20.1. The lowest BCUT2D eigenvalue weighted by Crippen LogP contribution is -2.10. The van der Waals surface area contributed by atoms with Gasteiger partial charge in [-0.05, 0) is 92.7 Å². The number of hydrogen-bond donors (Lipinski definition) is 0. The van der Waals surface area contributed by atoms with Crippen molar-refractivity contribution < 1.29 is 0 Å². The second-order valence-electron chi connectivity index (χ2n) is 16.2. The maximum Gasteiger partial charge on any atom is 0.0555 e. The average molecular weight is 722 g/mol. The zero-order valence-electron chi connectivity index (χ0n) is 31.2. The highest BCUT2D eigenvalue weighted by molar-refractivity contribution is 7.29. The first-order valence-electron chi connectivity index (χ1n) is 18.5. The van der Waals surface area contributed by atoms with Gasteiger partial charge in [-0.1, -0.05) is 145 Å². The van der Waals surface area contributed by atoms with Gasteiger partial charge in [-0.2, -0.15) is 0 Å². The third kappa shape index (κ3) is 6.02. The zero-order valence-corrected chi connectivity index (χ0v) is 32.8. The van der Waals surface area contributed by atoms with Crippen LogP contribution in [0.1, 0.15) is 52.7 Å². The van der Waals surface area contributed by atoms with Gasteiger partial charge in [-0.15, -0.1) is 22.7 Å². The van der Waals surface area contributed by atoms with Crippen LogP contribution in [0.15, 0.2) is 152 Å². The predicted octanol–water partition coefficient (Wildman–Crippen LogP) is 15.8. The summed E-state index contributed by atoms with van der Waals surface area (Å²) in [5.41, 5.74) is 11.3. The van der Waals surface area contributed by atoms with Gasteiger partial charge in [0.05, 0.1) is 5.69 Å². The molecule has 3 heteroatoms. The fourth-order valence-corrected chi connectivity index (χ4v) is 10.1. The summed E-state index contributed by atoms with van der Waals surface area (Å²) in [6.07, 6.45) is 0. The van der Waals surface area contributed by atoms with E-state index in [-0.39, 0.29) is 10.8 Å². The van der Waals surface area contributed by atoms with Gasteiger partial charge in [0.2, 0.25) is 0 Å². The summed E-state index contributed by atoms with van der Waals surface area (Å²) in [6, 6.07) is 56.6. The molecule has 260 valence electrons. The standard InChI is InChI=1S/C50H43NS2/c1-49(2,3)36-22-14-32(15-23-36)34-18-26-38(27-19-34)51(39-28-20-35(21-29-39)33-16-24-37(25-17-33)50(4,5)6)42-11-9-13-44-46(42)47-45(52-44)31-30-41-40-10-7-8-12-43(40)53-48(41)47/h7-31H,1-6H3. The smallest absolute Gasteiger partial charge is 0.0555 e. The normalized spacial score (nSPS) is 12.3. The van der Waals surface area contributed by atoms with E-state index < -0.39 is 0 Å². The molecule has 2 heterocycles. The van der Waals surface area contributed by atoms with Crippen LogP contribution in [0.2, 0.25) is 0 Å².